The van der Waals surface area contributed by atoms with E-state index in [9.17, 15) is 0 Å². The van der Waals surface area contributed by atoms with Crippen LogP contribution in [0, 0.1) is 5.92 Å². The minimum atomic E-state index is 0.120. The van der Waals surface area contributed by atoms with Gasteiger partial charge in [-0.05, 0) is 19.3 Å². The van der Waals surface area contributed by atoms with Crippen LogP contribution in [0.2, 0.25) is 0 Å². The lowest BCUT2D eigenvalue weighted by Gasteiger charge is -2.18. The van der Waals surface area contributed by atoms with Crippen LogP contribution in [0.3, 0.4) is 0 Å². The van der Waals surface area contributed by atoms with Gasteiger partial charge in [-0.3, -0.25) is 0 Å². The predicted octanol–water partition coefficient (Wildman–Crippen LogP) is 0.724. The van der Waals surface area contributed by atoms with Crippen molar-refractivity contribution in [3.05, 3.63) is 0 Å². The minimum Gasteiger partial charge on any atom is -0.380 e. The Bertz CT molecular complexity index is 107. The summed E-state index contributed by atoms with van der Waals surface area (Å²) in [7, 11) is 0. The zero-order valence-electron chi connectivity index (χ0n) is 8.42. The quantitative estimate of drug-likeness (QED) is 0.624. The summed E-state index contributed by atoms with van der Waals surface area (Å²) in [5, 5.41) is 0. The zero-order chi connectivity index (χ0) is 9.56. The number of hydrogen-bond donors (Lipinski definition) is 2. The van der Waals surface area contributed by atoms with Crippen molar-refractivity contribution in [1.29, 1.82) is 0 Å². The van der Waals surface area contributed by atoms with E-state index in [1.807, 2.05) is 6.92 Å². The number of rotatable bonds is 6. The molecule has 0 amide bonds. The van der Waals surface area contributed by atoms with E-state index in [1.54, 1.807) is 0 Å². The van der Waals surface area contributed by atoms with Crippen LogP contribution in [0.1, 0.15) is 27.2 Å². The third-order valence-corrected chi connectivity index (χ3v) is 1.96. The highest BCUT2D eigenvalue weighted by atomic mass is 16.5. The van der Waals surface area contributed by atoms with Crippen LogP contribution >= 0.6 is 0 Å². The lowest BCUT2D eigenvalue weighted by Crippen LogP contribution is -2.32. The van der Waals surface area contributed by atoms with Gasteiger partial charge in [0.15, 0.2) is 0 Å². The molecule has 0 radical (unpaired) electrons. The highest BCUT2D eigenvalue weighted by molar-refractivity contribution is 4.66. The second-order valence-corrected chi connectivity index (χ2v) is 3.56. The summed E-state index contributed by atoms with van der Waals surface area (Å²) in [4.78, 5) is 0. The summed E-state index contributed by atoms with van der Waals surface area (Å²) in [6, 6.07) is 0.369. The molecule has 3 nitrogen and oxygen atoms in total. The van der Waals surface area contributed by atoms with Crippen molar-refractivity contribution in [2.75, 3.05) is 13.2 Å². The van der Waals surface area contributed by atoms with E-state index in [0.29, 0.717) is 12.5 Å². The molecule has 0 aliphatic heterocycles. The van der Waals surface area contributed by atoms with Crippen molar-refractivity contribution in [3.8, 4) is 0 Å². The van der Waals surface area contributed by atoms with Crippen molar-refractivity contribution in [2.45, 2.75) is 39.3 Å². The van der Waals surface area contributed by atoms with E-state index in [0.717, 1.165) is 13.0 Å². The Kier molecular flexibility index (Phi) is 6.34. The first kappa shape index (κ1) is 11.9. The Hall–Kier alpha value is -0.120. The van der Waals surface area contributed by atoms with Crippen molar-refractivity contribution < 1.29 is 4.74 Å². The molecule has 0 spiro atoms. The topological polar surface area (TPSA) is 61.3 Å². The molecule has 0 aromatic carbocycles. The van der Waals surface area contributed by atoms with Gasteiger partial charge in [0, 0.05) is 12.1 Å². The lowest BCUT2D eigenvalue weighted by molar-refractivity contribution is 0.0883. The van der Waals surface area contributed by atoms with E-state index in [4.69, 9.17) is 16.2 Å². The van der Waals surface area contributed by atoms with Gasteiger partial charge in [0.25, 0.3) is 0 Å². The standard InChI is InChI=1S/C9H22N2O/c1-4-9(11)7(2)5-12-6-8(3)10/h7-9H,4-6,10-11H2,1-3H3. The molecule has 3 heteroatoms. The minimum absolute atomic E-state index is 0.120. The molecule has 0 bridgehead atoms. The first-order chi connectivity index (χ1) is 5.57. The van der Waals surface area contributed by atoms with Gasteiger partial charge in [-0.2, -0.15) is 0 Å². The van der Waals surface area contributed by atoms with Crippen LogP contribution in [0.5, 0.6) is 0 Å². The molecular formula is C9H22N2O. The second-order valence-electron chi connectivity index (χ2n) is 3.56. The molecule has 0 saturated carbocycles. The first-order valence-corrected chi connectivity index (χ1v) is 4.66. The molecule has 0 fully saturated rings. The van der Waals surface area contributed by atoms with Gasteiger partial charge in [-0.25, -0.2) is 0 Å². The van der Waals surface area contributed by atoms with Gasteiger partial charge >= 0.3 is 0 Å². The molecular weight excluding hydrogens is 152 g/mol. The van der Waals surface area contributed by atoms with Gasteiger partial charge in [0.2, 0.25) is 0 Å². The van der Waals surface area contributed by atoms with Crippen LogP contribution < -0.4 is 11.5 Å². The zero-order valence-corrected chi connectivity index (χ0v) is 8.42. The fourth-order valence-electron chi connectivity index (χ4n) is 0.966. The molecule has 0 saturated heterocycles. The lowest BCUT2D eigenvalue weighted by atomic mass is 10.0. The van der Waals surface area contributed by atoms with Crippen molar-refractivity contribution in [3.63, 3.8) is 0 Å². The van der Waals surface area contributed by atoms with Gasteiger partial charge in [-0.15, -0.1) is 0 Å². The molecule has 0 heterocycles. The first-order valence-electron chi connectivity index (χ1n) is 4.66. The number of ether oxygens (including phenoxy) is 1. The van der Waals surface area contributed by atoms with Gasteiger partial charge < -0.3 is 16.2 Å². The van der Waals surface area contributed by atoms with Crippen LogP contribution in [0.4, 0.5) is 0 Å². The Morgan fingerprint density at radius 1 is 1.17 bits per heavy atom. The highest BCUT2D eigenvalue weighted by Gasteiger charge is 2.10. The van der Waals surface area contributed by atoms with Crippen LogP contribution in [0.25, 0.3) is 0 Å². The Labute approximate surface area is 75.5 Å². The summed E-state index contributed by atoms with van der Waals surface area (Å²) in [6.45, 7) is 7.48. The fraction of sp³-hybridized carbons (Fsp3) is 1.00. The number of nitrogens with two attached hydrogens (primary N) is 2. The molecule has 0 aliphatic carbocycles. The molecule has 0 aliphatic rings. The highest BCUT2D eigenvalue weighted by Crippen LogP contribution is 2.04. The largest absolute Gasteiger partial charge is 0.380 e. The predicted molar refractivity (Wildman–Crippen MR) is 51.9 cm³/mol. The van der Waals surface area contributed by atoms with Gasteiger partial charge in [0.05, 0.1) is 13.2 Å². The molecule has 0 aromatic heterocycles. The summed E-state index contributed by atoms with van der Waals surface area (Å²) in [5.41, 5.74) is 11.4. The Morgan fingerprint density at radius 2 is 1.75 bits per heavy atom. The summed E-state index contributed by atoms with van der Waals surface area (Å²) < 4.78 is 5.37. The number of hydrogen-bond acceptors (Lipinski definition) is 3. The fourth-order valence-corrected chi connectivity index (χ4v) is 0.966. The normalized spacial score (nSPS) is 18.8. The van der Waals surface area contributed by atoms with Crippen molar-refractivity contribution in [1.82, 2.24) is 0 Å². The van der Waals surface area contributed by atoms with Gasteiger partial charge in [0.1, 0.15) is 0 Å². The monoisotopic (exact) mass is 174 g/mol. The molecule has 74 valence electrons. The van der Waals surface area contributed by atoms with E-state index >= 15 is 0 Å². The molecule has 0 aromatic rings. The Balaban J connectivity index is 3.37. The van der Waals surface area contributed by atoms with E-state index in [-0.39, 0.29) is 12.1 Å². The van der Waals surface area contributed by atoms with Gasteiger partial charge in [-0.1, -0.05) is 13.8 Å². The molecule has 4 N–H and O–H groups in total. The third-order valence-electron chi connectivity index (χ3n) is 1.96. The molecule has 3 atom stereocenters. The molecule has 0 rings (SSSR count). The van der Waals surface area contributed by atoms with Crippen molar-refractivity contribution in [2.24, 2.45) is 17.4 Å². The maximum absolute atomic E-state index is 5.82. The maximum atomic E-state index is 5.82. The second kappa shape index (κ2) is 6.40. The summed E-state index contributed by atoms with van der Waals surface area (Å²) in [6.07, 6.45) is 1.00. The van der Waals surface area contributed by atoms with E-state index in [1.165, 1.54) is 0 Å². The van der Waals surface area contributed by atoms with E-state index < -0.39 is 0 Å². The maximum Gasteiger partial charge on any atom is 0.0614 e. The molecule has 12 heavy (non-hydrogen) atoms. The van der Waals surface area contributed by atoms with E-state index in [2.05, 4.69) is 13.8 Å². The Morgan fingerprint density at radius 3 is 2.17 bits per heavy atom. The SMILES string of the molecule is CCC(N)C(C)COCC(C)N. The van der Waals surface area contributed by atoms with Crippen LogP contribution in [-0.2, 0) is 4.74 Å². The van der Waals surface area contributed by atoms with Crippen LogP contribution in [0.15, 0.2) is 0 Å². The van der Waals surface area contributed by atoms with Crippen LogP contribution in [-0.4, -0.2) is 25.3 Å². The smallest absolute Gasteiger partial charge is 0.0614 e. The average molecular weight is 174 g/mol. The van der Waals surface area contributed by atoms with Crippen molar-refractivity contribution >= 4 is 0 Å². The average Bonchev–Trinajstić information content (AvgIpc) is 2.02. The summed E-state index contributed by atoms with van der Waals surface area (Å²) >= 11 is 0. The molecule has 3 unspecified atom stereocenters. The third kappa shape index (κ3) is 5.52. The summed E-state index contributed by atoms with van der Waals surface area (Å²) in [5.74, 6) is 0.425.